The van der Waals surface area contributed by atoms with Crippen LogP contribution in [0.25, 0.3) is 0 Å². The maximum atomic E-state index is 14.0. The van der Waals surface area contributed by atoms with Crippen molar-refractivity contribution in [2.45, 2.75) is 43.8 Å². The van der Waals surface area contributed by atoms with Crippen molar-refractivity contribution < 1.29 is 4.39 Å². The molecule has 0 aromatic heterocycles. The number of rotatable bonds is 3. The first-order chi connectivity index (χ1) is 9.20. The van der Waals surface area contributed by atoms with Crippen molar-refractivity contribution in [3.8, 4) is 0 Å². The third kappa shape index (κ3) is 2.30. The van der Waals surface area contributed by atoms with Crippen LogP contribution < -0.4 is 5.32 Å². The summed E-state index contributed by atoms with van der Waals surface area (Å²) in [6.45, 7) is 0. The number of nitrogens with one attached hydrogen (secondary N) is 1. The summed E-state index contributed by atoms with van der Waals surface area (Å²) in [4.78, 5) is 2.53. The normalized spacial score (nSPS) is 32.5. The van der Waals surface area contributed by atoms with Crippen LogP contribution in [-0.4, -0.2) is 31.1 Å². The highest BCUT2D eigenvalue weighted by Crippen LogP contribution is 2.42. The zero-order chi connectivity index (χ0) is 13.4. The molecule has 2 heterocycles. The lowest BCUT2D eigenvalue weighted by Crippen LogP contribution is -2.43. The van der Waals surface area contributed by atoms with Crippen LogP contribution in [0, 0.1) is 11.7 Å². The van der Waals surface area contributed by atoms with Crippen molar-refractivity contribution in [2.75, 3.05) is 14.1 Å². The van der Waals surface area contributed by atoms with Gasteiger partial charge in [-0.1, -0.05) is 18.2 Å². The Morgan fingerprint density at radius 2 is 1.84 bits per heavy atom. The van der Waals surface area contributed by atoms with E-state index in [-0.39, 0.29) is 11.9 Å². The standard InChI is InChI=1S/C16H23FN2/c1-18-16(14-5-3-4-6-15(14)17)11-9-12-7-8-13(10-11)19(12)2/h3-6,11-13,16,18H,7-10H2,1-2H3. The minimum Gasteiger partial charge on any atom is -0.313 e. The Hall–Kier alpha value is -0.930. The van der Waals surface area contributed by atoms with Crippen LogP contribution in [0.1, 0.15) is 37.3 Å². The Morgan fingerprint density at radius 3 is 2.42 bits per heavy atom. The lowest BCUT2D eigenvalue weighted by atomic mass is 9.82. The maximum absolute atomic E-state index is 14.0. The third-order valence-electron chi connectivity index (χ3n) is 5.16. The first-order valence-electron chi connectivity index (χ1n) is 7.34. The van der Waals surface area contributed by atoms with Crippen molar-refractivity contribution in [1.29, 1.82) is 0 Å². The fraction of sp³-hybridized carbons (Fsp3) is 0.625. The molecule has 2 aliphatic heterocycles. The van der Waals surface area contributed by atoms with E-state index in [2.05, 4.69) is 17.3 Å². The average molecular weight is 262 g/mol. The van der Waals surface area contributed by atoms with E-state index in [1.54, 1.807) is 12.1 Å². The van der Waals surface area contributed by atoms with Gasteiger partial charge in [0.15, 0.2) is 0 Å². The minimum absolute atomic E-state index is 0.0758. The highest BCUT2D eigenvalue weighted by molar-refractivity contribution is 5.22. The molecule has 104 valence electrons. The van der Waals surface area contributed by atoms with E-state index in [9.17, 15) is 4.39 Å². The number of benzene rings is 1. The predicted octanol–water partition coefficient (Wildman–Crippen LogP) is 2.96. The maximum Gasteiger partial charge on any atom is 0.127 e. The molecule has 3 heteroatoms. The Morgan fingerprint density at radius 1 is 1.21 bits per heavy atom. The molecule has 3 rings (SSSR count). The molecular formula is C16H23FN2. The molecule has 2 nitrogen and oxygen atoms in total. The van der Waals surface area contributed by atoms with E-state index >= 15 is 0 Å². The fourth-order valence-electron chi connectivity index (χ4n) is 4.10. The second kappa shape index (κ2) is 5.22. The molecule has 0 radical (unpaired) electrons. The second-order valence-corrected chi connectivity index (χ2v) is 6.07. The number of hydrogen-bond acceptors (Lipinski definition) is 2. The van der Waals surface area contributed by atoms with Gasteiger partial charge >= 0.3 is 0 Å². The number of piperidine rings is 1. The molecule has 0 saturated carbocycles. The smallest absolute Gasteiger partial charge is 0.127 e. The van der Waals surface area contributed by atoms with Crippen LogP contribution >= 0.6 is 0 Å². The van der Waals surface area contributed by atoms with Crippen LogP contribution in [0.3, 0.4) is 0 Å². The number of hydrogen-bond donors (Lipinski definition) is 1. The van der Waals surface area contributed by atoms with Gasteiger partial charge in [0.05, 0.1) is 0 Å². The average Bonchev–Trinajstić information content (AvgIpc) is 2.65. The fourth-order valence-corrected chi connectivity index (χ4v) is 4.10. The van der Waals surface area contributed by atoms with Crippen LogP contribution in [0.15, 0.2) is 24.3 Å². The van der Waals surface area contributed by atoms with E-state index in [1.807, 2.05) is 19.2 Å². The summed E-state index contributed by atoms with van der Waals surface area (Å²) in [5, 5.41) is 3.35. The Kier molecular flexibility index (Phi) is 3.59. The summed E-state index contributed by atoms with van der Waals surface area (Å²) < 4.78 is 14.0. The van der Waals surface area contributed by atoms with Gasteiger partial charge in [0.1, 0.15) is 5.82 Å². The third-order valence-corrected chi connectivity index (χ3v) is 5.16. The van der Waals surface area contributed by atoms with Gasteiger partial charge in [-0.15, -0.1) is 0 Å². The number of halogens is 1. The van der Waals surface area contributed by atoms with Crippen LogP contribution in [0.5, 0.6) is 0 Å². The van der Waals surface area contributed by atoms with E-state index in [4.69, 9.17) is 0 Å². The van der Waals surface area contributed by atoms with Gasteiger partial charge in [-0.25, -0.2) is 4.39 Å². The second-order valence-electron chi connectivity index (χ2n) is 6.07. The molecule has 2 aliphatic rings. The van der Waals surface area contributed by atoms with Gasteiger partial charge < -0.3 is 10.2 Å². The molecular weight excluding hydrogens is 239 g/mol. The molecule has 2 saturated heterocycles. The van der Waals surface area contributed by atoms with Crippen LogP contribution in [-0.2, 0) is 0 Å². The molecule has 1 aromatic carbocycles. The molecule has 2 fully saturated rings. The van der Waals surface area contributed by atoms with E-state index in [0.717, 1.165) is 5.56 Å². The first kappa shape index (κ1) is 13.1. The molecule has 0 amide bonds. The largest absolute Gasteiger partial charge is 0.313 e. The molecule has 19 heavy (non-hydrogen) atoms. The molecule has 3 unspecified atom stereocenters. The van der Waals surface area contributed by atoms with Gasteiger partial charge in [-0.05, 0) is 51.8 Å². The molecule has 3 atom stereocenters. The topological polar surface area (TPSA) is 15.3 Å². The minimum atomic E-state index is -0.0758. The van der Waals surface area contributed by atoms with Gasteiger partial charge in [-0.3, -0.25) is 0 Å². The van der Waals surface area contributed by atoms with Gasteiger partial charge in [0.2, 0.25) is 0 Å². The van der Waals surface area contributed by atoms with Gasteiger partial charge in [-0.2, -0.15) is 0 Å². The summed E-state index contributed by atoms with van der Waals surface area (Å²) in [5.74, 6) is 0.476. The summed E-state index contributed by atoms with van der Waals surface area (Å²) in [6.07, 6.45) is 5.00. The van der Waals surface area contributed by atoms with Crippen molar-refractivity contribution in [1.82, 2.24) is 10.2 Å². The van der Waals surface area contributed by atoms with Gasteiger partial charge in [0, 0.05) is 23.7 Å². The Labute approximate surface area is 115 Å². The lowest BCUT2D eigenvalue weighted by Gasteiger charge is -2.40. The zero-order valence-corrected chi connectivity index (χ0v) is 11.8. The van der Waals surface area contributed by atoms with Crippen LogP contribution in [0.4, 0.5) is 4.39 Å². The summed E-state index contributed by atoms with van der Waals surface area (Å²) in [7, 11) is 4.20. The monoisotopic (exact) mass is 262 g/mol. The van der Waals surface area contributed by atoms with Crippen molar-refractivity contribution in [3.63, 3.8) is 0 Å². The molecule has 0 spiro atoms. The van der Waals surface area contributed by atoms with Crippen molar-refractivity contribution in [3.05, 3.63) is 35.6 Å². The molecule has 1 N–H and O–H groups in total. The predicted molar refractivity (Wildman–Crippen MR) is 75.5 cm³/mol. The van der Waals surface area contributed by atoms with E-state index in [1.165, 1.54) is 25.7 Å². The zero-order valence-electron chi connectivity index (χ0n) is 11.8. The summed E-state index contributed by atoms with van der Waals surface area (Å²) >= 11 is 0. The SMILES string of the molecule is CNC(c1ccccc1F)C1CC2CCC(C1)N2C. The number of nitrogens with zero attached hydrogens (tertiary/aromatic N) is 1. The number of fused-ring (bicyclic) bond motifs is 2. The molecule has 0 aliphatic carbocycles. The summed E-state index contributed by atoms with van der Waals surface area (Å²) in [6, 6.07) is 8.76. The van der Waals surface area contributed by atoms with Gasteiger partial charge in [0.25, 0.3) is 0 Å². The lowest BCUT2D eigenvalue weighted by molar-refractivity contribution is 0.113. The van der Waals surface area contributed by atoms with Crippen molar-refractivity contribution >= 4 is 0 Å². The quantitative estimate of drug-likeness (QED) is 0.901. The van der Waals surface area contributed by atoms with E-state index in [0.29, 0.717) is 18.0 Å². The van der Waals surface area contributed by atoms with E-state index < -0.39 is 0 Å². The molecule has 2 bridgehead atoms. The van der Waals surface area contributed by atoms with Crippen LogP contribution in [0.2, 0.25) is 0 Å². The molecule has 1 aromatic rings. The Balaban J connectivity index is 1.82. The highest BCUT2D eigenvalue weighted by atomic mass is 19.1. The van der Waals surface area contributed by atoms with Crippen molar-refractivity contribution in [2.24, 2.45) is 5.92 Å². The Bertz CT molecular complexity index is 434. The summed E-state index contributed by atoms with van der Waals surface area (Å²) in [5.41, 5.74) is 0.832. The highest BCUT2D eigenvalue weighted by Gasteiger charge is 2.41. The first-order valence-corrected chi connectivity index (χ1v) is 7.34.